The van der Waals surface area contributed by atoms with Crippen molar-refractivity contribution in [3.05, 3.63) is 77.2 Å². The second-order valence-electron chi connectivity index (χ2n) is 9.03. The molecule has 208 valence electrons. The minimum atomic E-state index is -5.01. The predicted molar refractivity (Wildman–Crippen MR) is 138 cm³/mol. The number of fused-ring (bicyclic) bond motifs is 1. The van der Waals surface area contributed by atoms with Crippen LogP contribution in [-0.2, 0) is 9.53 Å². The van der Waals surface area contributed by atoms with E-state index in [4.69, 9.17) is 4.74 Å². The van der Waals surface area contributed by atoms with E-state index in [-0.39, 0.29) is 28.0 Å². The van der Waals surface area contributed by atoms with Crippen molar-refractivity contribution in [1.29, 1.82) is 0 Å². The summed E-state index contributed by atoms with van der Waals surface area (Å²) in [4.78, 5) is 36.4. The number of carbonyl (C=O) groups is 1. The van der Waals surface area contributed by atoms with Crippen molar-refractivity contribution in [2.75, 3.05) is 31.6 Å². The number of nitrogens with zero attached hydrogens (tertiary/aromatic N) is 4. The zero-order valence-electron chi connectivity index (χ0n) is 21.1. The van der Waals surface area contributed by atoms with E-state index in [1.807, 2.05) is 4.90 Å². The molecule has 1 aliphatic heterocycles. The van der Waals surface area contributed by atoms with Crippen molar-refractivity contribution in [2.45, 2.75) is 19.3 Å². The first kappa shape index (κ1) is 27.2. The van der Waals surface area contributed by atoms with Crippen LogP contribution in [0.15, 0.2) is 65.8 Å². The number of anilines is 1. The Morgan fingerprint density at radius 2 is 1.88 bits per heavy atom. The van der Waals surface area contributed by atoms with Crippen molar-refractivity contribution in [1.82, 2.24) is 19.4 Å². The topological polar surface area (TPSA) is 98.6 Å². The lowest BCUT2D eigenvalue weighted by molar-refractivity contribution is -0.274. The minimum absolute atomic E-state index is 0.0994. The Morgan fingerprint density at radius 1 is 1.10 bits per heavy atom. The number of morpholine rings is 1. The highest BCUT2D eigenvalue weighted by atomic mass is 19.4. The molecule has 2 aromatic carbocycles. The van der Waals surface area contributed by atoms with Crippen LogP contribution in [0.2, 0.25) is 0 Å². The van der Waals surface area contributed by atoms with Crippen LogP contribution in [0, 0.1) is 5.82 Å². The summed E-state index contributed by atoms with van der Waals surface area (Å²) in [6.07, 6.45) is -2.37. The Hall–Kier alpha value is -4.36. The third-order valence-corrected chi connectivity index (χ3v) is 6.49. The second kappa shape index (κ2) is 11.0. The molecule has 40 heavy (non-hydrogen) atoms. The number of hydrogen-bond acceptors (Lipinski definition) is 7. The number of benzene rings is 2. The first-order valence-corrected chi connectivity index (χ1v) is 12.3. The molecule has 4 aromatic rings. The molecule has 1 N–H and O–H groups in total. The van der Waals surface area contributed by atoms with Crippen molar-refractivity contribution < 1.29 is 31.8 Å². The Morgan fingerprint density at radius 3 is 2.60 bits per heavy atom. The van der Waals surface area contributed by atoms with Crippen molar-refractivity contribution in [3.63, 3.8) is 0 Å². The summed E-state index contributed by atoms with van der Waals surface area (Å²) in [5.41, 5.74) is 0.136. The van der Waals surface area contributed by atoms with Gasteiger partial charge in [-0.15, -0.1) is 13.2 Å². The van der Waals surface area contributed by atoms with Gasteiger partial charge in [0, 0.05) is 24.8 Å². The van der Waals surface area contributed by atoms with Gasteiger partial charge >= 0.3 is 6.36 Å². The normalized spacial score (nSPS) is 15.1. The number of carbonyl (C=O) groups excluding carboxylic acids is 1. The lowest BCUT2D eigenvalue weighted by Gasteiger charge is -2.31. The largest absolute Gasteiger partial charge is 0.573 e. The summed E-state index contributed by atoms with van der Waals surface area (Å²) in [5.74, 6) is -1.72. The van der Waals surface area contributed by atoms with Gasteiger partial charge < -0.3 is 14.8 Å². The molecule has 5 rings (SSSR count). The number of hydrogen-bond donors (Lipinski definition) is 1. The van der Waals surface area contributed by atoms with Crippen molar-refractivity contribution >= 4 is 22.5 Å². The zero-order valence-corrected chi connectivity index (χ0v) is 21.1. The monoisotopic (exact) mass is 557 g/mol. The number of halogens is 4. The molecule has 1 saturated heterocycles. The van der Waals surface area contributed by atoms with E-state index < -0.39 is 35.4 Å². The fourth-order valence-electron chi connectivity index (χ4n) is 4.40. The van der Waals surface area contributed by atoms with Crippen LogP contribution < -0.4 is 15.6 Å². The molecule has 1 atom stereocenters. The van der Waals surface area contributed by atoms with E-state index in [0.29, 0.717) is 31.9 Å². The first-order valence-electron chi connectivity index (χ1n) is 12.3. The lowest BCUT2D eigenvalue weighted by atomic mass is 10.1. The van der Waals surface area contributed by atoms with Gasteiger partial charge in [-0.3, -0.25) is 24.0 Å². The second-order valence-corrected chi connectivity index (χ2v) is 9.03. The maximum absolute atomic E-state index is 14.2. The van der Waals surface area contributed by atoms with Crippen LogP contribution in [0.5, 0.6) is 5.75 Å². The molecule has 2 aromatic heterocycles. The molecule has 0 spiro atoms. The van der Waals surface area contributed by atoms with Gasteiger partial charge in [0.2, 0.25) is 5.91 Å². The van der Waals surface area contributed by atoms with Crippen LogP contribution in [0.3, 0.4) is 0 Å². The maximum atomic E-state index is 14.2. The number of ether oxygens (including phenoxy) is 2. The zero-order chi connectivity index (χ0) is 28.4. The molecule has 1 amide bonds. The molecule has 1 fully saturated rings. The standard InChI is InChI=1S/C27H23F4N5O4/c1-16(35-9-11-39-12-10-35)25(37)34-22-14-18(5-7-23(22)40-27(29,30)31)36-15-33-21-13-17(4-6-19(21)26(36)38)24-20(28)3-2-8-32-24/h2-8,13-16H,9-12H2,1H3,(H,34,37). The van der Waals surface area contributed by atoms with Crippen LogP contribution >= 0.6 is 0 Å². The summed E-state index contributed by atoms with van der Waals surface area (Å²) in [6.45, 7) is 3.50. The fourth-order valence-corrected chi connectivity index (χ4v) is 4.40. The quantitative estimate of drug-likeness (QED) is 0.356. The number of aromatic nitrogens is 3. The van der Waals surface area contributed by atoms with Gasteiger partial charge in [-0.25, -0.2) is 9.37 Å². The smallest absolute Gasteiger partial charge is 0.404 e. The van der Waals surface area contributed by atoms with E-state index >= 15 is 0 Å². The van der Waals surface area contributed by atoms with Crippen LogP contribution in [0.4, 0.5) is 23.2 Å². The summed E-state index contributed by atoms with van der Waals surface area (Å²) >= 11 is 0. The van der Waals surface area contributed by atoms with Gasteiger partial charge in [-0.1, -0.05) is 6.07 Å². The molecular weight excluding hydrogens is 534 g/mol. The van der Waals surface area contributed by atoms with E-state index in [1.165, 1.54) is 55.0 Å². The molecule has 1 aliphatic rings. The Balaban J connectivity index is 1.50. The summed E-state index contributed by atoms with van der Waals surface area (Å²) in [5, 5.41) is 2.69. The number of pyridine rings is 1. The van der Waals surface area contributed by atoms with Crippen LogP contribution in [0.25, 0.3) is 27.8 Å². The summed E-state index contributed by atoms with van der Waals surface area (Å²) in [7, 11) is 0. The van der Waals surface area contributed by atoms with Crippen molar-refractivity contribution in [3.8, 4) is 22.7 Å². The number of amides is 1. The van der Waals surface area contributed by atoms with Crippen molar-refractivity contribution in [2.24, 2.45) is 0 Å². The van der Waals surface area contributed by atoms with Gasteiger partial charge in [0.05, 0.1) is 41.5 Å². The van der Waals surface area contributed by atoms with Crippen LogP contribution in [0.1, 0.15) is 6.92 Å². The molecule has 3 heterocycles. The first-order chi connectivity index (χ1) is 19.1. The average Bonchev–Trinajstić information content (AvgIpc) is 2.93. The fraction of sp³-hybridized carbons (Fsp3) is 0.259. The lowest BCUT2D eigenvalue weighted by Crippen LogP contribution is -2.47. The highest BCUT2D eigenvalue weighted by Crippen LogP contribution is 2.32. The van der Waals surface area contributed by atoms with E-state index in [2.05, 4.69) is 20.0 Å². The molecule has 0 saturated carbocycles. The highest BCUT2D eigenvalue weighted by Gasteiger charge is 2.33. The highest BCUT2D eigenvalue weighted by molar-refractivity contribution is 5.96. The van der Waals surface area contributed by atoms with Gasteiger partial charge in [0.15, 0.2) is 5.75 Å². The Labute approximate surface area is 225 Å². The average molecular weight is 558 g/mol. The molecule has 0 bridgehead atoms. The van der Waals surface area contributed by atoms with E-state index in [1.54, 1.807) is 6.92 Å². The molecule has 13 heteroatoms. The minimum Gasteiger partial charge on any atom is -0.404 e. The summed E-state index contributed by atoms with van der Waals surface area (Å²) < 4.78 is 64.0. The SMILES string of the molecule is CC(C(=O)Nc1cc(-n2cnc3cc(-c4ncccc4F)ccc3c2=O)ccc1OC(F)(F)F)N1CCOCC1. The number of alkyl halides is 3. The van der Waals surface area contributed by atoms with E-state index in [9.17, 15) is 27.2 Å². The number of rotatable bonds is 6. The van der Waals surface area contributed by atoms with Gasteiger partial charge in [-0.2, -0.15) is 0 Å². The Kier molecular flexibility index (Phi) is 7.50. The third-order valence-electron chi connectivity index (χ3n) is 6.49. The van der Waals surface area contributed by atoms with Crippen LogP contribution in [-0.4, -0.2) is 64.0 Å². The Bertz CT molecular complexity index is 1620. The molecule has 0 radical (unpaired) electrons. The summed E-state index contributed by atoms with van der Waals surface area (Å²) in [6, 6.07) is 10.1. The molecule has 9 nitrogen and oxygen atoms in total. The van der Waals surface area contributed by atoms with E-state index in [0.717, 1.165) is 10.6 Å². The number of nitrogens with one attached hydrogen (secondary N) is 1. The molecule has 1 unspecified atom stereocenters. The molecule has 0 aliphatic carbocycles. The van der Waals surface area contributed by atoms with Gasteiger partial charge in [0.1, 0.15) is 17.8 Å². The predicted octanol–water partition coefficient (Wildman–Crippen LogP) is 4.14. The maximum Gasteiger partial charge on any atom is 0.573 e. The van der Waals surface area contributed by atoms with Gasteiger partial charge in [0.25, 0.3) is 5.56 Å². The third kappa shape index (κ3) is 5.80. The van der Waals surface area contributed by atoms with Gasteiger partial charge in [-0.05, 0) is 49.4 Å². The molecular formula is C27H23F4N5O4.